The van der Waals surface area contributed by atoms with E-state index < -0.39 is 6.10 Å². The summed E-state index contributed by atoms with van der Waals surface area (Å²) >= 11 is 0. The molecule has 6 nitrogen and oxygen atoms in total. The summed E-state index contributed by atoms with van der Waals surface area (Å²) in [5.41, 5.74) is 0.830. The molecule has 0 aliphatic carbocycles. The molecule has 3 rings (SSSR count). The Balaban J connectivity index is 1.59. The molecule has 0 bridgehead atoms. The first-order valence-electron chi connectivity index (χ1n) is 6.49. The van der Waals surface area contributed by atoms with Gasteiger partial charge in [-0.2, -0.15) is 0 Å². The molecule has 0 radical (unpaired) electrons. The van der Waals surface area contributed by atoms with Gasteiger partial charge in [0.2, 0.25) is 5.89 Å². The first kappa shape index (κ1) is 12.8. The molecule has 0 spiro atoms. The van der Waals surface area contributed by atoms with E-state index in [4.69, 9.17) is 13.9 Å². The number of aromatic nitrogens is 2. The van der Waals surface area contributed by atoms with Crippen LogP contribution in [0.1, 0.15) is 18.7 Å². The van der Waals surface area contributed by atoms with Gasteiger partial charge >= 0.3 is 5.97 Å². The van der Waals surface area contributed by atoms with Gasteiger partial charge in [-0.3, -0.25) is 0 Å². The van der Waals surface area contributed by atoms with Crippen LogP contribution in [0.5, 0.6) is 0 Å². The molecule has 0 N–H and O–H groups in total. The molecule has 1 aromatic carbocycles. The summed E-state index contributed by atoms with van der Waals surface area (Å²) in [5.74, 6) is 0.311. The summed E-state index contributed by atoms with van der Waals surface area (Å²) in [4.78, 5) is 11.7. The molecular weight excluding hydrogens is 260 g/mol. The fraction of sp³-hybridized carbons (Fsp3) is 0.357. The summed E-state index contributed by atoms with van der Waals surface area (Å²) in [6.07, 6.45) is 1.14. The van der Waals surface area contributed by atoms with Crippen molar-refractivity contribution in [1.82, 2.24) is 10.2 Å². The van der Waals surface area contributed by atoms with Crippen LogP contribution in [-0.4, -0.2) is 28.9 Å². The SMILES string of the molecule is O=C(OCc1nnc(-c2ccccc2)o1)[C@@H]1CCCO1. The van der Waals surface area contributed by atoms with Crippen molar-refractivity contribution in [3.05, 3.63) is 36.2 Å². The number of rotatable bonds is 4. The Morgan fingerprint density at radius 1 is 1.30 bits per heavy atom. The molecule has 0 unspecified atom stereocenters. The lowest BCUT2D eigenvalue weighted by Crippen LogP contribution is -2.22. The van der Waals surface area contributed by atoms with Crippen molar-refractivity contribution in [1.29, 1.82) is 0 Å². The fourth-order valence-corrected chi connectivity index (χ4v) is 2.00. The lowest BCUT2D eigenvalue weighted by Gasteiger charge is -2.07. The minimum absolute atomic E-state index is 0.0292. The minimum atomic E-state index is -0.452. The van der Waals surface area contributed by atoms with Crippen molar-refractivity contribution in [2.45, 2.75) is 25.6 Å². The van der Waals surface area contributed by atoms with Gasteiger partial charge in [0.05, 0.1) is 0 Å². The summed E-state index contributed by atoms with van der Waals surface area (Å²) in [5, 5.41) is 7.78. The average molecular weight is 274 g/mol. The number of benzene rings is 1. The van der Waals surface area contributed by atoms with Gasteiger partial charge in [-0.1, -0.05) is 18.2 Å². The van der Waals surface area contributed by atoms with Crippen LogP contribution in [0.25, 0.3) is 11.5 Å². The number of carbonyl (C=O) groups is 1. The lowest BCUT2D eigenvalue weighted by atomic mass is 10.2. The molecule has 0 saturated carbocycles. The third-order valence-electron chi connectivity index (χ3n) is 3.02. The van der Waals surface area contributed by atoms with Gasteiger partial charge in [-0.15, -0.1) is 10.2 Å². The maximum absolute atomic E-state index is 11.7. The number of carbonyl (C=O) groups excluding carboxylic acids is 1. The van der Waals surface area contributed by atoms with E-state index >= 15 is 0 Å². The molecule has 1 aliphatic heterocycles. The largest absolute Gasteiger partial charge is 0.454 e. The topological polar surface area (TPSA) is 74.5 Å². The molecule has 20 heavy (non-hydrogen) atoms. The number of hydrogen-bond donors (Lipinski definition) is 0. The summed E-state index contributed by atoms with van der Waals surface area (Å²) in [6.45, 7) is 0.580. The van der Waals surface area contributed by atoms with Crippen LogP contribution in [0.4, 0.5) is 0 Å². The summed E-state index contributed by atoms with van der Waals surface area (Å²) in [7, 11) is 0. The smallest absolute Gasteiger partial charge is 0.335 e. The van der Waals surface area contributed by atoms with Crippen molar-refractivity contribution in [2.75, 3.05) is 6.61 Å². The zero-order valence-electron chi connectivity index (χ0n) is 10.8. The van der Waals surface area contributed by atoms with E-state index in [1.807, 2.05) is 30.3 Å². The van der Waals surface area contributed by atoms with Crippen LogP contribution in [0, 0.1) is 0 Å². The molecule has 1 aromatic heterocycles. The first-order chi connectivity index (χ1) is 9.83. The quantitative estimate of drug-likeness (QED) is 0.793. The highest BCUT2D eigenvalue weighted by Gasteiger charge is 2.25. The summed E-state index contributed by atoms with van der Waals surface area (Å²) < 4.78 is 15.8. The maximum atomic E-state index is 11.7. The van der Waals surface area contributed by atoms with E-state index in [9.17, 15) is 4.79 Å². The van der Waals surface area contributed by atoms with E-state index in [0.29, 0.717) is 18.9 Å². The normalized spacial score (nSPS) is 18.1. The maximum Gasteiger partial charge on any atom is 0.335 e. The first-order valence-corrected chi connectivity index (χ1v) is 6.49. The van der Waals surface area contributed by atoms with Gasteiger partial charge in [0.15, 0.2) is 12.7 Å². The molecule has 1 aliphatic rings. The zero-order chi connectivity index (χ0) is 13.8. The average Bonchev–Trinajstić information content (AvgIpc) is 3.17. The molecule has 2 heterocycles. The zero-order valence-corrected chi connectivity index (χ0v) is 10.8. The monoisotopic (exact) mass is 274 g/mol. The summed E-state index contributed by atoms with van der Waals surface area (Å²) in [6, 6.07) is 9.42. The van der Waals surface area contributed by atoms with Crippen molar-refractivity contribution in [3.8, 4) is 11.5 Å². The van der Waals surface area contributed by atoms with Crippen LogP contribution in [0.2, 0.25) is 0 Å². The highest BCUT2D eigenvalue weighted by Crippen LogP contribution is 2.18. The molecular formula is C14H14N2O4. The standard InChI is InChI=1S/C14H14N2O4/c17-14(11-7-4-8-18-11)19-9-12-15-16-13(20-12)10-5-2-1-3-6-10/h1-3,5-6,11H,4,7-9H2/t11-/m0/s1. The Bertz CT molecular complexity index is 576. The molecule has 1 atom stereocenters. The Morgan fingerprint density at radius 3 is 2.90 bits per heavy atom. The predicted octanol–water partition coefficient (Wildman–Crippen LogP) is 1.96. The third kappa shape index (κ3) is 2.85. The van der Waals surface area contributed by atoms with Crippen LogP contribution in [-0.2, 0) is 20.9 Å². The molecule has 6 heteroatoms. The molecule has 2 aromatic rings. The van der Waals surface area contributed by atoms with Crippen LogP contribution in [0.3, 0.4) is 0 Å². The molecule has 0 amide bonds. The van der Waals surface area contributed by atoms with E-state index in [0.717, 1.165) is 12.0 Å². The molecule has 1 fully saturated rings. The number of nitrogens with zero attached hydrogens (tertiary/aromatic N) is 2. The number of ether oxygens (including phenoxy) is 2. The van der Waals surface area contributed by atoms with Crippen molar-refractivity contribution in [3.63, 3.8) is 0 Å². The Morgan fingerprint density at radius 2 is 2.15 bits per heavy atom. The van der Waals surface area contributed by atoms with Crippen LogP contribution >= 0.6 is 0 Å². The van der Waals surface area contributed by atoms with E-state index in [1.165, 1.54) is 0 Å². The van der Waals surface area contributed by atoms with Crippen molar-refractivity contribution in [2.24, 2.45) is 0 Å². The highest BCUT2D eigenvalue weighted by molar-refractivity contribution is 5.74. The van der Waals surface area contributed by atoms with E-state index in [2.05, 4.69) is 10.2 Å². The Hall–Kier alpha value is -2.21. The minimum Gasteiger partial charge on any atom is -0.454 e. The van der Waals surface area contributed by atoms with Crippen LogP contribution in [0.15, 0.2) is 34.7 Å². The molecule has 104 valence electrons. The second-order valence-corrected chi connectivity index (χ2v) is 4.48. The van der Waals surface area contributed by atoms with Gasteiger partial charge in [0.25, 0.3) is 5.89 Å². The lowest BCUT2D eigenvalue weighted by molar-refractivity contribution is -0.156. The third-order valence-corrected chi connectivity index (χ3v) is 3.02. The van der Waals surface area contributed by atoms with Gasteiger partial charge in [-0.25, -0.2) is 4.79 Å². The Labute approximate surface area is 115 Å². The van der Waals surface area contributed by atoms with Crippen molar-refractivity contribution >= 4 is 5.97 Å². The fourth-order valence-electron chi connectivity index (χ4n) is 2.00. The van der Waals surface area contributed by atoms with Gasteiger partial charge in [0.1, 0.15) is 0 Å². The number of hydrogen-bond acceptors (Lipinski definition) is 6. The van der Waals surface area contributed by atoms with E-state index in [1.54, 1.807) is 0 Å². The van der Waals surface area contributed by atoms with Crippen molar-refractivity contribution < 1.29 is 18.7 Å². The van der Waals surface area contributed by atoms with Crippen LogP contribution < -0.4 is 0 Å². The second-order valence-electron chi connectivity index (χ2n) is 4.48. The molecule has 1 saturated heterocycles. The Kier molecular flexibility index (Phi) is 3.73. The van der Waals surface area contributed by atoms with E-state index in [-0.39, 0.29) is 18.5 Å². The number of esters is 1. The second kappa shape index (κ2) is 5.83. The van der Waals surface area contributed by atoms with Gasteiger partial charge in [-0.05, 0) is 25.0 Å². The predicted molar refractivity (Wildman–Crippen MR) is 68.5 cm³/mol. The van der Waals surface area contributed by atoms with Gasteiger partial charge in [0, 0.05) is 12.2 Å². The van der Waals surface area contributed by atoms with Gasteiger partial charge < -0.3 is 13.9 Å². The highest BCUT2D eigenvalue weighted by atomic mass is 16.6.